The van der Waals surface area contributed by atoms with Gasteiger partial charge in [-0.1, -0.05) is 18.2 Å². The van der Waals surface area contributed by atoms with Gasteiger partial charge in [-0.3, -0.25) is 4.99 Å². The van der Waals surface area contributed by atoms with Crippen molar-refractivity contribution in [3.63, 3.8) is 0 Å². The smallest absolute Gasteiger partial charge is 0.191 e. The van der Waals surface area contributed by atoms with Crippen molar-refractivity contribution in [3.05, 3.63) is 36.5 Å². The number of para-hydroxylation sites is 1. The summed E-state index contributed by atoms with van der Waals surface area (Å²) in [7, 11) is 0. The van der Waals surface area contributed by atoms with Crippen LogP contribution in [0.2, 0.25) is 0 Å². The summed E-state index contributed by atoms with van der Waals surface area (Å²) in [6.45, 7) is 7.76. The van der Waals surface area contributed by atoms with Gasteiger partial charge in [-0.2, -0.15) is 0 Å². The van der Waals surface area contributed by atoms with Crippen molar-refractivity contribution in [2.24, 2.45) is 10.7 Å². The van der Waals surface area contributed by atoms with Crippen LogP contribution in [0.15, 0.2) is 41.5 Å². The molecule has 2 rings (SSSR count). The lowest BCUT2D eigenvalue weighted by Gasteiger charge is -2.19. The van der Waals surface area contributed by atoms with Gasteiger partial charge in [-0.25, -0.2) is 0 Å². The van der Waals surface area contributed by atoms with Gasteiger partial charge < -0.3 is 15.2 Å². The summed E-state index contributed by atoms with van der Waals surface area (Å²) in [6, 6.07) is 10.6. The van der Waals surface area contributed by atoms with E-state index in [0.717, 1.165) is 32.6 Å². The lowest BCUT2D eigenvalue weighted by Crippen LogP contribution is -2.37. The zero-order valence-electron chi connectivity index (χ0n) is 12.8. The molecule has 0 aliphatic carbocycles. The molecule has 2 N–H and O–H groups in total. The molecule has 2 aromatic rings. The average Bonchev–Trinajstić information content (AvgIpc) is 2.88. The van der Waals surface area contributed by atoms with Gasteiger partial charge in [-0.05, 0) is 37.8 Å². The minimum absolute atomic E-state index is 0. The third-order valence-corrected chi connectivity index (χ3v) is 3.60. The van der Waals surface area contributed by atoms with E-state index in [1.165, 1.54) is 10.9 Å². The predicted octanol–water partition coefficient (Wildman–Crippen LogP) is 3.31. The SMILES string of the molecule is CCN(CC)C(N)=NCCCn1ccc2ccccc21.I. The summed E-state index contributed by atoms with van der Waals surface area (Å²) >= 11 is 0. The van der Waals surface area contributed by atoms with Crippen LogP contribution in [0.4, 0.5) is 0 Å². The summed E-state index contributed by atoms with van der Waals surface area (Å²) < 4.78 is 2.28. The van der Waals surface area contributed by atoms with Gasteiger partial charge in [0.2, 0.25) is 0 Å². The number of hydrogen-bond donors (Lipinski definition) is 1. The zero-order valence-corrected chi connectivity index (χ0v) is 15.2. The monoisotopic (exact) mass is 400 g/mol. The summed E-state index contributed by atoms with van der Waals surface area (Å²) in [4.78, 5) is 6.53. The first-order chi connectivity index (χ1) is 9.76. The topological polar surface area (TPSA) is 46.5 Å². The molecule has 0 saturated carbocycles. The molecule has 21 heavy (non-hydrogen) atoms. The largest absolute Gasteiger partial charge is 0.370 e. The van der Waals surface area contributed by atoms with Crippen LogP contribution < -0.4 is 5.73 Å². The van der Waals surface area contributed by atoms with Crippen molar-refractivity contribution >= 4 is 40.8 Å². The number of guanidine groups is 1. The standard InChI is InChI=1S/C16H24N4.HI/c1-3-19(4-2)16(17)18-11-7-12-20-13-10-14-8-5-6-9-15(14)20;/h5-6,8-10,13H,3-4,7,11-12H2,1-2H3,(H2,17,18);1H. The van der Waals surface area contributed by atoms with E-state index in [1.807, 2.05) is 0 Å². The molecular formula is C16H25IN4. The number of halogens is 1. The summed E-state index contributed by atoms with van der Waals surface area (Å²) in [5.41, 5.74) is 7.24. The molecule has 0 atom stereocenters. The Morgan fingerprint density at radius 3 is 2.62 bits per heavy atom. The first kappa shape index (κ1) is 17.8. The first-order valence-corrected chi connectivity index (χ1v) is 7.35. The number of fused-ring (bicyclic) bond motifs is 1. The number of aryl methyl sites for hydroxylation is 1. The van der Waals surface area contributed by atoms with E-state index in [9.17, 15) is 0 Å². The second-order valence-electron chi connectivity index (χ2n) is 4.83. The Kier molecular flexibility index (Phi) is 7.56. The van der Waals surface area contributed by atoms with Crippen LogP contribution in [0.1, 0.15) is 20.3 Å². The van der Waals surface area contributed by atoms with Crippen molar-refractivity contribution in [2.45, 2.75) is 26.8 Å². The van der Waals surface area contributed by atoms with Crippen molar-refractivity contribution in [1.82, 2.24) is 9.47 Å². The Morgan fingerprint density at radius 1 is 1.19 bits per heavy atom. The highest BCUT2D eigenvalue weighted by molar-refractivity contribution is 14.0. The molecule has 0 radical (unpaired) electrons. The third-order valence-electron chi connectivity index (χ3n) is 3.60. The molecule has 0 aliphatic rings. The summed E-state index contributed by atoms with van der Waals surface area (Å²) in [5.74, 6) is 0.660. The molecule has 0 saturated heterocycles. The Labute approximate surface area is 144 Å². The van der Waals surface area contributed by atoms with Gasteiger partial charge in [-0.15, -0.1) is 24.0 Å². The molecule has 1 heterocycles. The molecule has 0 fully saturated rings. The number of nitrogens with two attached hydrogens (primary N) is 1. The average molecular weight is 400 g/mol. The lowest BCUT2D eigenvalue weighted by atomic mass is 10.2. The Hall–Kier alpha value is -1.24. The number of rotatable bonds is 6. The van der Waals surface area contributed by atoms with Crippen molar-refractivity contribution in [3.8, 4) is 0 Å². The van der Waals surface area contributed by atoms with Crippen molar-refractivity contribution in [1.29, 1.82) is 0 Å². The molecule has 116 valence electrons. The fourth-order valence-electron chi connectivity index (χ4n) is 2.42. The quantitative estimate of drug-likeness (QED) is 0.350. The van der Waals surface area contributed by atoms with E-state index in [1.54, 1.807) is 0 Å². The molecule has 1 aromatic carbocycles. The van der Waals surface area contributed by atoms with Crippen molar-refractivity contribution in [2.75, 3.05) is 19.6 Å². The van der Waals surface area contributed by atoms with Crippen LogP contribution in [0.3, 0.4) is 0 Å². The Morgan fingerprint density at radius 2 is 1.90 bits per heavy atom. The lowest BCUT2D eigenvalue weighted by molar-refractivity contribution is 0.457. The number of benzene rings is 1. The Bertz CT molecular complexity index is 572. The van der Waals surface area contributed by atoms with Gasteiger partial charge in [0.15, 0.2) is 5.96 Å². The molecule has 0 unspecified atom stereocenters. The van der Waals surface area contributed by atoms with Crippen LogP contribution in [-0.4, -0.2) is 35.1 Å². The van der Waals surface area contributed by atoms with E-state index in [0.29, 0.717) is 5.96 Å². The van der Waals surface area contributed by atoms with E-state index in [2.05, 4.69) is 64.8 Å². The third kappa shape index (κ3) is 4.62. The maximum atomic E-state index is 5.96. The van der Waals surface area contributed by atoms with Crippen LogP contribution in [0, 0.1) is 0 Å². The zero-order chi connectivity index (χ0) is 14.4. The summed E-state index contributed by atoms with van der Waals surface area (Å²) in [6.07, 6.45) is 3.14. The van der Waals surface area contributed by atoms with Crippen LogP contribution in [0.25, 0.3) is 10.9 Å². The molecule has 0 bridgehead atoms. The van der Waals surface area contributed by atoms with E-state index < -0.39 is 0 Å². The van der Waals surface area contributed by atoms with Gasteiger partial charge in [0.1, 0.15) is 0 Å². The molecule has 0 amide bonds. The van der Waals surface area contributed by atoms with E-state index in [-0.39, 0.29) is 24.0 Å². The molecule has 0 aliphatic heterocycles. The molecule has 1 aromatic heterocycles. The maximum Gasteiger partial charge on any atom is 0.191 e. The first-order valence-electron chi connectivity index (χ1n) is 7.35. The van der Waals surface area contributed by atoms with Gasteiger partial charge in [0, 0.05) is 37.9 Å². The molecule has 5 heteroatoms. The van der Waals surface area contributed by atoms with E-state index in [4.69, 9.17) is 5.73 Å². The normalized spacial score (nSPS) is 11.4. The van der Waals surface area contributed by atoms with Crippen LogP contribution in [0.5, 0.6) is 0 Å². The second-order valence-corrected chi connectivity index (χ2v) is 4.83. The second kappa shape index (κ2) is 8.92. The van der Waals surface area contributed by atoms with Gasteiger partial charge in [0.25, 0.3) is 0 Å². The highest BCUT2D eigenvalue weighted by Gasteiger charge is 2.02. The predicted molar refractivity (Wildman–Crippen MR) is 101 cm³/mol. The highest BCUT2D eigenvalue weighted by Crippen LogP contribution is 2.15. The minimum atomic E-state index is 0. The summed E-state index contributed by atoms with van der Waals surface area (Å²) in [5, 5.41) is 1.29. The van der Waals surface area contributed by atoms with Gasteiger partial charge >= 0.3 is 0 Å². The van der Waals surface area contributed by atoms with Crippen LogP contribution in [-0.2, 0) is 6.54 Å². The number of hydrogen-bond acceptors (Lipinski definition) is 1. The van der Waals surface area contributed by atoms with Crippen molar-refractivity contribution < 1.29 is 0 Å². The highest BCUT2D eigenvalue weighted by atomic mass is 127. The minimum Gasteiger partial charge on any atom is -0.370 e. The fraction of sp³-hybridized carbons (Fsp3) is 0.438. The van der Waals surface area contributed by atoms with E-state index >= 15 is 0 Å². The number of aliphatic imine (C=N–C) groups is 1. The number of nitrogens with zero attached hydrogens (tertiary/aromatic N) is 3. The Balaban J connectivity index is 0.00000220. The van der Waals surface area contributed by atoms with Gasteiger partial charge in [0.05, 0.1) is 0 Å². The van der Waals surface area contributed by atoms with Crippen LogP contribution >= 0.6 is 24.0 Å². The molecule has 0 spiro atoms. The molecular weight excluding hydrogens is 375 g/mol. The number of aromatic nitrogens is 1. The maximum absolute atomic E-state index is 5.96. The fourth-order valence-corrected chi connectivity index (χ4v) is 2.42. The molecule has 4 nitrogen and oxygen atoms in total.